The number of nitrogens with one attached hydrogen (secondary N) is 1. The number of carbonyl (C=O) groups is 2. The van der Waals surface area contributed by atoms with E-state index in [1.165, 1.54) is 0 Å². The summed E-state index contributed by atoms with van der Waals surface area (Å²) in [5.41, 5.74) is 1.95. The van der Waals surface area contributed by atoms with Gasteiger partial charge in [-0.3, -0.25) is 9.59 Å². The minimum absolute atomic E-state index is 0.105. The molecule has 0 bridgehead atoms. The Morgan fingerprint density at radius 1 is 1.22 bits per heavy atom. The van der Waals surface area contributed by atoms with Crippen LogP contribution in [0.25, 0.3) is 0 Å². The highest BCUT2D eigenvalue weighted by Gasteiger charge is 2.26. The minimum atomic E-state index is -0.405. The van der Waals surface area contributed by atoms with Crippen LogP contribution in [0.15, 0.2) is 47.4 Å². The topological polar surface area (TPSA) is 58.6 Å². The van der Waals surface area contributed by atoms with Gasteiger partial charge in [-0.25, -0.2) is 0 Å². The van der Waals surface area contributed by atoms with Crippen LogP contribution in [0.3, 0.4) is 0 Å². The fraction of sp³-hybridized carbons (Fsp3) is 0.300. The van der Waals surface area contributed by atoms with Gasteiger partial charge in [0.05, 0.1) is 5.69 Å². The van der Waals surface area contributed by atoms with Crippen LogP contribution in [0.1, 0.15) is 23.2 Å². The summed E-state index contributed by atoms with van der Waals surface area (Å²) in [6, 6.07) is 12.6. The zero-order valence-electron chi connectivity index (χ0n) is 14.6. The molecule has 2 heterocycles. The van der Waals surface area contributed by atoms with Crippen molar-refractivity contribution in [3.05, 3.63) is 53.1 Å². The first-order chi connectivity index (χ1) is 13.1. The lowest BCUT2D eigenvalue weighted by molar-refractivity contribution is -0.124. The van der Waals surface area contributed by atoms with E-state index in [0.29, 0.717) is 29.4 Å². The number of nitrogens with zero attached hydrogens (tertiary/aromatic N) is 1. The standard InChI is InChI=1S/C20H19ClN2O3S/c21-14-6-7-18-16(12-14)23(8-10-27-18)20(25)13-3-1-4-15(11-13)22-19(24)17-5-2-9-26-17/h1,3-4,6-7,11-12,17H,2,5,8-10H2,(H,22,24)/t17-/m0/s1. The van der Waals surface area contributed by atoms with Gasteiger partial charge in [-0.05, 0) is 49.2 Å². The molecule has 0 aliphatic carbocycles. The van der Waals surface area contributed by atoms with E-state index in [4.69, 9.17) is 16.3 Å². The van der Waals surface area contributed by atoms with E-state index < -0.39 is 6.10 Å². The Bertz CT molecular complexity index is 883. The average molecular weight is 403 g/mol. The zero-order chi connectivity index (χ0) is 18.8. The maximum Gasteiger partial charge on any atom is 0.258 e. The number of anilines is 2. The van der Waals surface area contributed by atoms with E-state index in [9.17, 15) is 9.59 Å². The minimum Gasteiger partial charge on any atom is -0.368 e. The molecule has 140 valence electrons. The molecule has 2 amide bonds. The van der Waals surface area contributed by atoms with E-state index in [1.807, 2.05) is 18.2 Å². The number of ether oxygens (including phenoxy) is 1. The lowest BCUT2D eigenvalue weighted by Gasteiger charge is -2.29. The van der Waals surface area contributed by atoms with Crippen molar-refractivity contribution in [2.24, 2.45) is 0 Å². The second kappa shape index (κ2) is 7.92. The van der Waals surface area contributed by atoms with Crippen molar-refractivity contribution in [1.82, 2.24) is 0 Å². The number of benzene rings is 2. The molecule has 7 heteroatoms. The monoisotopic (exact) mass is 402 g/mol. The number of rotatable bonds is 3. The zero-order valence-corrected chi connectivity index (χ0v) is 16.2. The maximum absolute atomic E-state index is 13.1. The molecule has 1 saturated heterocycles. The van der Waals surface area contributed by atoms with Gasteiger partial charge in [-0.2, -0.15) is 0 Å². The quantitative estimate of drug-likeness (QED) is 0.835. The first kappa shape index (κ1) is 18.3. The van der Waals surface area contributed by atoms with Gasteiger partial charge in [-0.15, -0.1) is 11.8 Å². The molecular weight excluding hydrogens is 384 g/mol. The molecule has 2 aromatic carbocycles. The summed E-state index contributed by atoms with van der Waals surface area (Å²) < 4.78 is 5.41. The molecule has 0 spiro atoms. The lowest BCUT2D eigenvalue weighted by Crippen LogP contribution is -2.35. The van der Waals surface area contributed by atoms with Crippen LogP contribution in [-0.2, 0) is 9.53 Å². The van der Waals surface area contributed by atoms with Gasteiger partial charge < -0.3 is 15.0 Å². The number of halogens is 1. The Hall–Kier alpha value is -2.02. The van der Waals surface area contributed by atoms with Crippen LogP contribution in [-0.4, -0.2) is 36.8 Å². The smallest absolute Gasteiger partial charge is 0.258 e. The average Bonchev–Trinajstić information content (AvgIpc) is 3.22. The first-order valence-corrected chi connectivity index (χ1v) is 10.2. The van der Waals surface area contributed by atoms with Crippen molar-refractivity contribution in [2.75, 3.05) is 29.1 Å². The van der Waals surface area contributed by atoms with Crippen LogP contribution in [0, 0.1) is 0 Å². The molecule has 1 atom stereocenters. The molecule has 1 N–H and O–H groups in total. The third kappa shape index (κ3) is 3.98. The molecule has 0 saturated carbocycles. The van der Waals surface area contributed by atoms with E-state index in [2.05, 4.69) is 5.32 Å². The van der Waals surface area contributed by atoms with E-state index >= 15 is 0 Å². The van der Waals surface area contributed by atoms with Crippen LogP contribution < -0.4 is 10.2 Å². The summed E-state index contributed by atoms with van der Waals surface area (Å²) in [7, 11) is 0. The van der Waals surface area contributed by atoms with Crippen molar-refractivity contribution >= 4 is 46.6 Å². The van der Waals surface area contributed by atoms with Gasteiger partial charge in [0.2, 0.25) is 0 Å². The molecule has 27 heavy (non-hydrogen) atoms. The number of hydrogen-bond donors (Lipinski definition) is 1. The second-order valence-electron chi connectivity index (χ2n) is 6.49. The highest BCUT2D eigenvalue weighted by atomic mass is 35.5. The number of amides is 2. The Morgan fingerprint density at radius 2 is 2.11 bits per heavy atom. The number of carbonyl (C=O) groups excluding carboxylic acids is 2. The normalized spacial score (nSPS) is 18.9. The van der Waals surface area contributed by atoms with Crippen molar-refractivity contribution < 1.29 is 14.3 Å². The molecule has 0 radical (unpaired) electrons. The van der Waals surface area contributed by atoms with Gasteiger partial charge in [0.1, 0.15) is 6.10 Å². The SMILES string of the molecule is O=C(Nc1cccc(C(=O)N2CCSc3ccc(Cl)cc32)c1)[C@@H]1CCCO1. The summed E-state index contributed by atoms with van der Waals surface area (Å²) in [5, 5.41) is 3.45. The van der Waals surface area contributed by atoms with Gasteiger partial charge >= 0.3 is 0 Å². The third-order valence-corrected chi connectivity index (χ3v) is 5.91. The molecule has 2 aliphatic heterocycles. The summed E-state index contributed by atoms with van der Waals surface area (Å²) >= 11 is 7.85. The predicted molar refractivity (Wildman–Crippen MR) is 108 cm³/mol. The van der Waals surface area contributed by atoms with Gasteiger partial charge in [0, 0.05) is 40.1 Å². The third-order valence-electron chi connectivity index (χ3n) is 4.63. The molecule has 4 rings (SSSR count). The Morgan fingerprint density at radius 3 is 2.93 bits per heavy atom. The van der Waals surface area contributed by atoms with Crippen LogP contribution >= 0.6 is 23.4 Å². The van der Waals surface area contributed by atoms with Crippen molar-refractivity contribution in [3.8, 4) is 0 Å². The summed E-state index contributed by atoms with van der Waals surface area (Å²) in [6.07, 6.45) is 1.22. The fourth-order valence-corrected chi connectivity index (χ4v) is 4.44. The Balaban J connectivity index is 1.55. The van der Waals surface area contributed by atoms with Crippen molar-refractivity contribution in [3.63, 3.8) is 0 Å². The molecule has 2 aromatic rings. The molecule has 0 unspecified atom stereocenters. The number of thioether (sulfide) groups is 1. The Kier molecular flexibility index (Phi) is 5.38. The van der Waals surface area contributed by atoms with E-state index in [0.717, 1.165) is 29.2 Å². The summed E-state index contributed by atoms with van der Waals surface area (Å²) in [6.45, 7) is 1.23. The van der Waals surface area contributed by atoms with Gasteiger partial charge in [0.25, 0.3) is 11.8 Å². The summed E-state index contributed by atoms with van der Waals surface area (Å²) in [4.78, 5) is 28.1. The lowest BCUT2D eigenvalue weighted by atomic mass is 10.1. The van der Waals surface area contributed by atoms with E-state index in [1.54, 1.807) is 40.9 Å². The maximum atomic E-state index is 13.1. The highest BCUT2D eigenvalue weighted by Crippen LogP contribution is 2.37. The molecule has 5 nitrogen and oxygen atoms in total. The van der Waals surface area contributed by atoms with Crippen LogP contribution in [0.4, 0.5) is 11.4 Å². The first-order valence-electron chi connectivity index (χ1n) is 8.88. The van der Waals surface area contributed by atoms with Crippen molar-refractivity contribution in [1.29, 1.82) is 0 Å². The molecular formula is C20H19ClN2O3S. The number of hydrogen-bond acceptors (Lipinski definition) is 4. The fourth-order valence-electron chi connectivity index (χ4n) is 3.29. The highest BCUT2D eigenvalue weighted by molar-refractivity contribution is 7.99. The van der Waals surface area contributed by atoms with Crippen molar-refractivity contribution in [2.45, 2.75) is 23.8 Å². The molecule has 0 aromatic heterocycles. The molecule has 2 aliphatic rings. The summed E-state index contributed by atoms with van der Waals surface area (Å²) in [5.74, 6) is 0.561. The van der Waals surface area contributed by atoms with Gasteiger partial charge in [0.15, 0.2) is 0 Å². The second-order valence-corrected chi connectivity index (χ2v) is 8.06. The van der Waals surface area contributed by atoms with Crippen LogP contribution in [0.5, 0.6) is 0 Å². The Labute approximate surface area is 167 Å². The largest absolute Gasteiger partial charge is 0.368 e. The predicted octanol–water partition coefficient (Wildman–Crippen LogP) is 4.21. The molecule has 1 fully saturated rings. The van der Waals surface area contributed by atoms with E-state index in [-0.39, 0.29) is 11.8 Å². The van der Waals surface area contributed by atoms with Crippen LogP contribution in [0.2, 0.25) is 5.02 Å². The number of fused-ring (bicyclic) bond motifs is 1. The van der Waals surface area contributed by atoms with Gasteiger partial charge in [-0.1, -0.05) is 17.7 Å².